The highest BCUT2D eigenvalue weighted by atomic mass is 15.2. The number of aromatic nitrogens is 2. The van der Waals surface area contributed by atoms with E-state index in [9.17, 15) is 0 Å². The van der Waals surface area contributed by atoms with Gasteiger partial charge >= 0.3 is 0 Å². The van der Waals surface area contributed by atoms with Crippen molar-refractivity contribution in [2.75, 3.05) is 30.4 Å². The largest absolute Gasteiger partial charge is 0.367 e. The number of anilines is 2. The fourth-order valence-corrected chi connectivity index (χ4v) is 2.41. The molecule has 0 aromatic carbocycles. The van der Waals surface area contributed by atoms with Crippen LogP contribution in [0, 0.1) is 0 Å². The van der Waals surface area contributed by atoms with Crippen molar-refractivity contribution in [3.05, 3.63) is 12.4 Å². The molecule has 1 atom stereocenters. The summed E-state index contributed by atoms with van der Waals surface area (Å²) in [6.07, 6.45) is 6.67. The summed E-state index contributed by atoms with van der Waals surface area (Å²) in [6, 6.07) is 3.24. The van der Waals surface area contributed by atoms with Crippen LogP contribution in [0.4, 0.5) is 11.6 Å². The van der Waals surface area contributed by atoms with Crippen LogP contribution in [0.5, 0.6) is 0 Å². The molecule has 2 N–H and O–H groups in total. The highest BCUT2D eigenvalue weighted by molar-refractivity contribution is 5.49. The van der Waals surface area contributed by atoms with Gasteiger partial charge in [0.15, 0.2) is 0 Å². The molecule has 3 rings (SSSR count). The molecule has 1 saturated heterocycles. The summed E-state index contributed by atoms with van der Waals surface area (Å²) in [5.74, 6) is 1.97. The van der Waals surface area contributed by atoms with E-state index in [-0.39, 0.29) is 0 Å². The Labute approximate surface area is 108 Å². The summed E-state index contributed by atoms with van der Waals surface area (Å²) in [5.41, 5.74) is 0. The van der Waals surface area contributed by atoms with Gasteiger partial charge in [-0.25, -0.2) is 9.97 Å². The van der Waals surface area contributed by atoms with Crippen LogP contribution in [0.25, 0.3) is 0 Å². The second-order valence-corrected chi connectivity index (χ2v) is 5.29. The van der Waals surface area contributed by atoms with E-state index in [0.29, 0.717) is 12.1 Å². The van der Waals surface area contributed by atoms with Gasteiger partial charge < -0.3 is 15.5 Å². The van der Waals surface area contributed by atoms with Crippen LogP contribution in [0.2, 0.25) is 0 Å². The van der Waals surface area contributed by atoms with Gasteiger partial charge in [-0.2, -0.15) is 0 Å². The van der Waals surface area contributed by atoms with Crippen LogP contribution >= 0.6 is 0 Å². The lowest BCUT2D eigenvalue weighted by Crippen LogP contribution is -2.44. The molecule has 98 valence electrons. The number of hydrogen-bond donors (Lipinski definition) is 2. The van der Waals surface area contributed by atoms with Gasteiger partial charge in [0.2, 0.25) is 0 Å². The molecule has 1 aromatic heterocycles. The van der Waals surface area contributed by atoms with Crippen LogP contribution in [0.3, 0.4) is 0 Å². The summed E-state index contributed by atoms with van der Waals surface area (Å²) in [6.45, 7) is 2.19. The smallest absolute Gasteiger partial charge is 0.134 e. The first-order valence-electron chi connectivity index (χ1n) is 6.85. The first-order chi connectivity index (χ1) is 8.83. The monoisotopic (exact) mass is 247 g/mol. The van der Waals surface area contributed by atoms with Crippen LogP contribution < -0.4 is 15.5 Å². The van der Waals surface area contributed by atoms with Gasteiger partial charge in [-0.05, 0) is 32.2 Å². The topological polar surface area (TPSA) is 53.1 Å². The van der Waals surface area contributed by atoms with Gasteiger partial charge in [0, 0.05) is 31.7 Å². The second-order valence-electron chi connectivity index (χ2n) is 5.29. The molecule has 1 saturated carbocycles. The average Bonchev–Trinajstić information content (AvgIpc) is 3.23. The predicted molar refractivity (Wildman–Crippen MR) is 73.0 cm³/mol. The van der Waals surface area contributed by atoms with Crippen LogP contribution in [0.15, 0.2) is 12.4 Å². The summed E-state index contributed by atoms with van der Waals surface area (Å²) in [5, 5.41) is 6.86. The molecule has 1 aliphatic heterocycles. The van der Waals surface area contributed by atoms with E-state index in [2.05, 4.69) is 38.6 Å². The maximum absolute atomic E-state index is 4.39. The highest BCUT2D eigenvalue weighted by Gasteiger charge is 2.22. The summed E-state index contributed by atoms with van der Waals surface area (Å²) < 4.78 is 0. The third-order valence-corrected chi connectivity index (χ3v) is 3.76. The Kier molecular flexibility index (Phi) is 3.32. The molecule has 1 aliphatic carbocycles. The van der Waals surface area contributed by atoms with E-state index in [4.69, 9.17) is 0 Å². The van der Waals surface area contributed by atoms with Gasteiger partial charge in [-0.3, -0.25) is 0 Å². The Balaban J connectivity index is 1.69. The summed E-state index contributed by atoms with van der Waals surface area (Å²) in [7, 11) is 2.13. The zero-order valence-electron chi connectivity index (χ0n) is 10.9. The lowest BCUT2D eigenvalue weighted by atomic mass is 10.1. The predicted octanol–water partition coefficient (Wildman–Crippen LogP) is 1.24. The molecule has 2 heterocycles. The number of rotatable bonds is 4. The van der Waals surface area contributed by atoms with Crippen LogP contribution in [-0.2, 0) is 0 Å². The number of likely N-dealkylation sites (N-methyl/N-ethyl adjacent to an activating group) is 1. The third kappa shape index (κ3) is 2.72. The highest BCUT2D eigenvalue weighted by Crippen LogP contribution is 2.25. The SMILES string of the molecule is CN(c1cc(NC2CC2)ncn1)C1CCCNC1. The van der Waals surface area contributed by atoms with Crippen molar-refractivity contribution in [1.82, 2.24) is 15.3 Å². The molecule has 1 aromatic rings. The molecule has 5 heteroatoms. The molecule has 0 amide bonds. The quantitative estimate of drug-likeness (QED) is 0.838. The zero-order valence-corrected chi connectivity index (χ0v) is 10.9. The number of piperidine rings is 1. The van der Waals surface area contributed by atoms with Crippen molar-refractivity contribution in [3.63, 3.8) is 0 Å². The maximum atomic E-state index is 4.39. The van der Waals surface area contributed by atoms with E-state index in [1.54, 1.807) is 6.33 Å². The molecular weight excluding hydrogens is 226 g/mol. The normalized spacial score (nSPS) is 23.7. The molecular formula is C13H21N5. The van der Waals surface area contributed by atoms with Crippen molar-refractivity contribution >= 4 is 11.6 Å². The van der Waals surface area contributed by atoms with Crippen molar-refractivity contribution in [2.45, 2.75) is 37.8 Å². The molecule has 0 spiro atoms. The van der Waals surface area contributed by atoms with E-state index in [0.717, 1.165) is 24.7 Å². The standard InChI is InChI=1S/C13H21N5/c1-18(11-3-2-6-14-8-11)13-7-12(15-9-16-13)17-10-4-5-10/h7,9-11,14H,2-6,8H2,1H3,(H,15,16,17). The first-order valence-corrected chi connectivity index (χ1v) is 6.85. The lowest BCUT2D eigenvalue weighted by molar-refractivity contribution is 0.443. The Hall–Kier alpha value is -1.36. The Morgan fingerprint density at radius 2 is 2.22 bits per heavy atom. The number of nitrogens with one attached hydrogen (secondary N) is 2. The lowest BCUT2D eigenvalue weighted by Gasteiger charge is -2.32. The van der Waals surface area contributed by atoms with Crippen molar-refractivity contribution in [1.29, 1.82) is 0 Å². The van der Waals surface area contributed by atoms with Crippen LogP contribution in [-0.4, -0.2) is 42.2 Å². The van der Waals surface area contributed by atoms with Gasteiger partial charge in [-0.15, -0.1) is 0 Å². The molecule has 18 heavy (non-hydrogen) atoms. The first kappa shape index (κ1) is 11.7. The third-order valence-electron chi connectivity index (χ3n) is 3.76. The van der Waals surface area contributed by atoms with Crippen molar-refractivity contribution < 1.29 is 0 Å². The Morgan fingerprint density at radius 1 is 1.33 bits per heavy atom. The van der Waals surface area contributed by atoms with E-state index in [1.165, 1.54) is 25.7 Å². The van der Waals surface area contributed by atoms with Crippen LogP contribution in [0.1, 0.15) is 25.7 Å². The fraction of sp³-hybridized carbons (Fsp3) is 0.692. The van der Waals surface area contributed by atoms with Gasteiger partial charge in [0.1, 0.15) is 18.0 Å². The van der Waals surface area contributed by atoms with Gasteiger partial charge in [-0.1, -0.05) is 0 Å². The number of nitrogens with zero attached hydrogens (tertiary/aromatic N) is 3. The van der Waals surface area contributed by atoms with Gasteiger partial charge in [0.05, 0.1) is 0 Å². The fourth-order valence-electron chi connectivity index (χ4n) is 2.41. The minimum atomic E-state index is 0.544. The second kappa shape index (κ2) is 5.10. The molecule has 2 aliphatic rings. The number of hydrogen-bond acceptors (Lipinski definition) is 5. The van der Waals surface area contributed by atoms with E-state index in [1.807, 2.05) is 0 Å². The van der Waals surface area contributed by atoms with E-state index >= 15 is 0 Å². The summed E-state index contributed by atoms with van der Waals surface area (Å²) >= 11 is 0. The molecule has 0 bridgehead atoms. The summed E-state index contributed by atoms with van der Waals surface area (Å²) in [4.78, 5) is 10.9. The zero-order chi connectivity index (χ0) is 12.4. The Morgan fingerprint density at radius 3 is 2.94 bits per heavy atom. The maximum Gasteiger partial charge on any atom is 0.134 e. The van der Waals surface area contributed by atoms with E-state index < -0.39 is 0 Å². The minimum absolute atomic E-state index is 0.544. The molecule has 0 radical (unpaired) electrons. The van der Waals surface area contributed by atoms with Gasteiger partial charge in [0.25, 0.3) is 0 Å². The minimum Gasteiger partial charge on any atom is -0.367 e. The molecule has 1 unspecified atom stereocenters. The average molecular weight is 247 g/mol. The van der Waals surface area contributed by atoms with Crippen molar-refractivity contribution in [3.8, 4) is 0 Å². The van der Waals surface area contributed by atoms with Crippen molar-refractivity contribution in [2.24, 2.45) is 0 Å². The Bertz CT molecular complexity index is 398. The molecule has 2 fully saturated rings. The molecule has 5 nitrogen and oxygen atoms in total.